The third-order valence-corrected chi connectivity index (χ3v) is 8.38. The summed E-state index contributed by atoms with van der Waals surface area (Å²) < 4.78 is 30.7. The van der Waals surface area contributed by atoms with Gasteiger partial charge < -0.3 is 0 Å². The fraction of sp³-hybridized carbons (Fsp3) is 0.650. The minimum Gasteiger partial charge on any atom is -0.272 e. The molecule has 1 saturated heterocycles. The normalized spacial score (nSPS) is 38.5. The van der Waals surface area contributed by atoms with Crippen molar-refractivity contribution in [3.05, 3.63) is 29.8 Å². The summed E-state index contributed by atoms with van der Waals surface area (Å²) in [5.74, 6) is 2.06. The number of amides is 1. The van der Waals surface area contributed by atoms with Gasteiger partial charge in [0.25, 0.3) is 0 Å². The van der Waals surface area contributed by atoms with E-state index >= 15 is 0 Å². The predicted octanol–water partition coefficient (Wildman–Crippen LogP) is 3.43. The van der Waals surface area contributed by atoms with Crippen LogP contribution in [0.2, 0.25) is 0 Å². The van der Waals surface area contributed by atoms with E-state index in [0.29, 0.717) is 6.42 Å². The summed E-state index contributed by atoms with van der Waals surface area (Å²) in [6.07, 6.45) is 7.77. The molecular formula is C20H25NO4S. The number of hydrogen-bond acceptors (Lipinski definition) is 4. The van der Waals surface area contributed by atoms with Crippen LogP contribution < -0.4 is 0 Å². The second-order valence-corrected chi connectivity index (χ2v) is 10.6. The van der Waals surface area contributed by atoms with E-state index in [4.69, 9.17) is 4.28 Å². The quantitative estimate of drug-likeness (QED) is 0.757. The smallest absolute Gasteiger partial charge is 0.272 e. The Kier molecular flexibility index (Phi) is 3.58. The van der Waals surface area contributed by atoms with E-state index in [-0.39, 0.29) is 22.3 Å². The summed E-state index contributed by atoms with van der Waals surface area (Å²) in [4.78, 5) is 12.3. The first kappa shape index (κ1) is 16.8. The number of carbonyl (C=O) groups excluding carboxylic acids is 1. The first-order valence-electron chi connectivity index (χ1n) is 9.68. The van der Waals surface area contributed by atoms with E-state index in [1.807, 2.05) is 6.92 Å². The van der Waals surface area contributed by atoms with Crippen molar-refractivity contribution < 1.29 is 17.5 Å². The third-order valence-electron chi connectivity index (χ3n) is 7.18. The van der Waals surface area contributed by atoms with Gasteiger partial charge in [0.05, 0.1) is 17.4 Å². The molecule has 1 heterocycles. The maximum atomic E-state index is 12.6. The lowest BCUT2D eigenvalue weighted by molar-refractivity contribution is -0.223. The maximum Gasteiger partial charge on any atom is 0.317 e. The minimum absolute atomic E-state index is 0.0749. The largest absolute Gasteiger partial charge is 0.317 e. The Morgan fingerprint density at radius 3 is 2.04 bits per heavy atom. The molecule has 26 heavy (non-hydrogen) atoms. The van der Waals surface area contributed by atoms with E-state index in [1.165, 1.54) is 36.5 Å². The van der Waals surface area contributed by atoms with Crippen LogP contribution in [0.4, 0.5) is 0 Å². The molecule has 1 atom stereocenters. The molecule has 1 aliphatic heterocycles. The molecule has 1 aromatic carbocycles. The van der Waals surface area contributed by atoms with Crippen LogP contribution in [-0.4, -0.2) is 25.4 Å². The van der Waals surface area contributed by atoms with Crippen LogP contribution in [0.25, 0.3) is 0 Å². The molecule has 4 saturated carbocycles. The van der Waals surface area contributed by atoms with Gasteiger partial charge in [0.1, 0.15) is 0 Å². The van der Waals surface area contributed by atoms with Crippen molar-refractivity contribution in [1.29, 1.82) is 0 Å². The van der Waals surface area contributed by atoms with E-state index in [2.05, 4.69) is 0 Å². The van der Waals surface area contributed by atoms with E-state index in [1.54, 1.807) is 12.1 Å². The highest BCUT2D eigenvalue weighted by Crippen LogP contribution is 2.63. The number of rotatable bonds is 4. The van der Waals surface area contributed by atoms with Gasteiger partial charge in [0.15, 0.2) is 0 Å². The van der Waals surface area contributed by atoms with Crippen molar-refractivity contribution in [1.82, 2.24) is 5.06 Å². The van der Waals surface area contributed by atoms with Crippen molar-refractivity contribution in [2.45, 2.75) is 62.8 Å². The standard InChI is InChI=1S/C20H25NO4S/c1-13-2-4-17(5-3-13)26(23,24)25-21-18(9-19(21)22)20-10-14-6-15(11-20)8-16(7-14)12-20/h2-5,14-16,18H,6-12H2,1H3. The Morgan fingerprint density at radius 2 is 1.54 bits per heavy atom. The monoisotopic (exact) mass is 375 g/mol. The number of carbonyl (C=O) groups is 1. The first-order chi connectivity index (χ1) is 12.3. The second-order valence-electron chi connectivity index (χ2n) is 9.06. The summed E-state index contributed by atoms with van der Waals surface area (Å²) in [6, 6.07) is 6.47. The Morgan fingerprint density at radius 1 is 1.00 bits per heavy atom. The maximum absolute atomic E-state index is 12.6. The van der Waals surface area contributed by atoms with Crippen LogP contribution in [0.1, 0.15) is 50.5 Å². The summed E-state index contributed by atoms with van der Waals surface area (Å²) >= 11 is 0. The van der Waals surface area contributed by atoms with Gasteiger partial charge in [-0.3, -0.25) is 4.79 Å². The van der Waals surface area contributed by atoms with Gasteiger partial charge in [0.2, 0.25) is 5.91 Å². The Bertz CT molecular complexity index is 810. The number of nitrogens with zero attached hydrogens (tertiary/aromatic N) is 1. The molecular weight excluding hydrogens is 350 g/mol. The lowest BCUT2D eigenvalue weighted by Gasteiger charge is -2.62. The molecule has 1 unspecified atom stereocenters. The van der Waals surface area contributed by atoms with Crippen molar-refractivity contribution in [2.75, 3.05) is 0 Å². The molecule has 0 radical (unpaired) electrons. The van der Waals surface area contributed by atoms with Crippen molar-refractivity contribution in [3.63, 3.8) is 0 Å². The lowest BCUT2D eigenvalue weighted by atomic mass is 9.46. The topological polar surface area (TPSA) is 63.7 Å². The zero-order valence-electron chi connectivity index (χ0n) is 15.1. The Labute approximate surface area is 154 Å². The van der Waals surface area contributed by atoms with Gasteiger partial charge in [-0.25, -0.2) is 0 Å². The average molecular weight is 375 g/mol. The molecule has 6 rings (SSSR count). The minimum atomic E-state index is -3.97. The molecule has 0 aromatic heterocycles. The van der Waals surface area contributed by atoms with Crippen molar-refractivity contribution in [3.8, 4) is 0 Å². The average Bonchev–Trinajstić information content (AvgIpc) is 2.57. The van der Waals surface area contributed by atoms with Gasteiger partial charge in [-0.2, -0.15) is 13.5 Å². The predicted molar refractivity (Wildman–Crippen MR) is 95.3 cm³/mol. The fourth-order valence-electron chi connectivity index (χ4n) is 6.40. The number of hydroxylamine groups is 2. The first-order valence-corrected chi connectivity index (χ1v) is 11.1. The zero-order chi connectivity index (χ0) is 18.1. The van der Waals surface area contributed by atoms with E-state index < -0.39 is 10.1 Å². The number of aryl methyl sites for hydroxylation is 1. The SMILES string of the molecule is Cc1ccc(S(=O)(=O)ON2C(=O)CC2C23CC4CC(CC(C4)C2)C3)cc1. The van der Waals surface area contributed by atoms with E-state index in [9.17, 15) is 13.2 Å². The Hall–Kier alpha value is -1.40. The zero-order valence-corrected chi connectivity index (χ0v) is 15.9. The highest BCUT2D eigenvalue weighted by molar-refractivity contribution is 7.86. The van der Waals surface area contributed by atoms with Gasteiger partial charge in [0, 0.05) is 0 Å². The van der Waals surface area contributed by atoms with Crippen LogP contribution in [0.15, 0.2) is 29.2 Å². The molecule has 6 heteroatoms. The molecule has 1 aromatic rings. The lowest BCUT2D eigenvalue weighted by Crippen LogP contribution is -2.65. The molecule has 4 aliphatic carbocycles. The van der Waals surface area contributed by atoms with E-state index in [0.717, 1.165) is 42.6 Å². The number of hydrogen-bond donors (Lipinski definition) is 0. The van der Waals surface area contributed by atoms with Crippen LogP contribution in [-0.2, 0) is 19.2 Å². The summed E-state index contributed by atoms with van der Waals surface area (Å²) in [5.41, 5.74) is 1.06. The highest BCUT2D eigenvalue weighted by Gasteiger charge is 2.60. The Balaban J connectivity index is 1.39. The third kappa shape index (κ3) is 2.53. The molecule has 0 spiro atoms. The molecule has 140 valence electrons. The van der Waals surface area contributed by atoms with Crippen molar-refractivity contribution >= 4 is 16.0 Å². The summed E-state index contributed by atoms with van der Waals surface area (Å²) in [7, 11) is -3.97. The van der Waals surface area contributed by atoms with Crippen LogP contribution in [0.5, 0.6) is 0 Å². The molecule has 5 nitrogen and oxygen atoms in total. The van der Waals surface area contributed by atoms with Gasteiger partial charge in [-0.15, -0.1) is 4.28 Å². The molecule has 4 bridgehead atoms. The van der Waals surface area contributed by atoms with Crippen molar-refractivity contribution in [2.24, 2.45) is 23.2 Å². The summed E-state index contributed by atoms with van der Waals surface area (Å²) in [5, 5.41) is 1.20. The molecule has 1 amide bonds. The molecule has 5 aliphatic rings. The van der Waals surface area contributed by atoms with Gasteiger partial charge in [-0.1, -0.05) is 17.7 Å². The van der Waals surface area contributed by atoms with Crippen LogP contribution >= 0.6 is 0 Å². The van der Waals surface area contributed by atoms with Gasteiger partial charge >= 0.3 is 10.1 Å². The fourth-order valence-corrected chi connectivity index (χ4v) is 7.35. The highest BCUT2D eigenvalue weighted by atomic mass is 32.2. The molecule has 5 fully saturated rings. The second kappa shape index (κ2) is 5.55. The summed E-state index contributed by atoms with van der Waals surface area (Å²) in [6.45, 7) is 1.90. The van der Waals surface area contributed by atoms with Gasteiger partial charge in [-0.05, 0) is 80.8 Å². The van der Waals surface area contributed by atoms with Crippen LogP contribution in [0.3, 0.4) is 0 Å². The number of β-lactam (4-membered cyclic amide) rings is 1. The number of benzene rings is 1. The van der Waals surface area contributed by atoms with Crippen LogP contribution in [0, 0.1) is 30.1 Å². The molecule has 0 N–H and O–H groups in total.